The fraction of sp³-hybridized carbons (Fsp3) is 0.300. The van der Waals surface area contributed by atoms with Crippen LogP contribution < -0.4 is 11.1 Å². The fourth-order valence-electron chi connectivity index (χ4n) is 0.927. The van der Waals surface area contributed by atoms with Gasteiger partial charge in [-0.1, -0.05) is 19.9 Å². The Hall–Kier alpha value is -1.18. The highest BCUT2D eigenvalue weighted by molar-refractivity contribution is 5.54. The van der Waals surface area contributed by atoms with Gasteiger partial charge in [0.05, 0.1) is 0 Å². The van der Waals surface area contributed by atoms with Crippen LogP contribution in [0.3, 0.4) is 0 Å². The summed E-state index contributed by atoms with van der Waals surface area (Å²) in [5.41, 5.74) is 7.50. The van der Waals surface area contributed by atoms with E-state index in [-0.39, 0.29) is 0 Å². The molecule has 0 aliphatic carbocycles. The van der Waals surface area contributed by atoms with Crippen molar-refractivity contribution in [3.8, 4) is 0 Å². The van der Waals surface area contributed by atoms with Crippen molar-refractivity contribution in [3.05, 3.63) is 30.2 Å². The molecule has 1 radical (unpaired) electrons. The van der Waals surface area contributed by atoms with Crippen molar-refractivity contribution in [1.29, 1.82) is 0 Å². The van der Waals surface area contributed by atoms with Crippen LogP contribution in [0.5, 0.6) is 0 Å². The lowest BCUT2D eigenvalue weighted by Crippen LogP contribution is -2.06. The minimum atomic E-state index is 0.800. The van der Waals surface area contributed by atoms with Crippen molar-refractivity contribution in [2.45, 2.75) is 13.8 Å². The zero-order valence-corrected chi connectivity index (χ0v) is 7.59. The van der Waals surface area contributed by atoms with Crippen LogP contribution in [-0.2, 0) is 0 Å². The Morgan fingerprint density at radius 3 is 2.75 bits per heavy atom. The van der Waals surface area contributed by atoms with E-state index in [0.717, 1.165) is 17.9 Å². The molecule has 0 aromatic heterocycles. The summed E-state index contributed by atoms with van der Waals surface area (Å²) in [6.45, 7) is 5.10. The van der Waals surface area contributed by atoms with E-state index in [1.54, 1.807) is 0 Å². The van der Waals surface area contributed by atoms with E-state index in [2.05, 4.69) is 19.2 Å². The minimum Gasteiger partial charge on any atom is -0.399 e. The highest BCUT2D eigenvalue weighted by Crippen LogP contribution is 2.12. The highest BCUT2D eigenvalue weighted by Gasteiger charge is 1.94. The smallest absolute Gasteiger partial charge is 0.0360 e. The van der Waals surface area contributed by atoms with Crippen LogP contribution in [-0.4, -0.2) is 6.54 Å². The Balaban J connectivity index is 2.52. The quantitative estimate of drug-likeness (QED) is 0.671. The molecule has 0 heterocycles. The molecule has 1 rings (SSSR count). The number of benzene rings is 1. The SMILES string of the molecule is C[C](C)CNc1cccc(N)c1. The summed E-state index contributed by atoms with van der Waals surface area (Å²) in [5, 5.41) is 3.27. The maximum Gasteiger partial charge on any atom is 0.0360 e. The Kier molecular flexibility index (Phi) is 2.97. The van der Waals surface area contributed by atoms with Gasteiger partial charge in [0.15, 0.2) is 0 Å². The van der Waals surface area contributed by atoms with Crippen LogP contribution in [0.1, 0.15) is 13.8 Å². The van der Waals surface area contributed by atoms with Crippen molar-refractivity contribution < 1.29 is 0 Å². The number of hydrogen-bond acceptors (Lipinski definition) is 2. The van der Waals surface area contributed by atoms with Gasteiger partial charge in [0, 0.05) is 17.9 Å². The first-order chi connectivity index (χ1) is 5.68. The number of rotatable bonds is 3. The van der Waals surface area contributed by atoms with Gasteiger partial charge in [0.2, 0.25) is 0 Å². The summed E-state index contributed by atoms with van der Waals surface area (Å²) >= 11 is 0. The third kappa shape index (κ3) is 2.82. The van der Waals surface area contributed by atoms with Gasteiger partial charge >= 0.3 is 0 Å². The first kappa shape index (κ1) is 8.91. The van der Waals surface area contributed by atoms with Crippen LogP contribution in [0.4, 0.5) is 11.4 Å². The molecule has 0 atom stereocenters. The topological polar surface area (TPSA) is 38.0 Å². The molecule has 0 amide bonds. The summed E-state index contributed by atoms with van der Waals surface area (Å²) in [5.74, 6) is 1.36. The first-order valence-corrected chi connectivity index (χ1v) is 4.07. The average Bonchev–Trinajstić information content (AvgIpc) is 2.01. The number of hydrogen-bond donors (Lipinski definition) is 2. The maximum absolute atomic E-state index is 5.62. The number of nitrogens with two attached hydrogens (primary N) is 1. The van der Waals surface area contributed by atoms with E-state index in [1.165, 1.54) is 5.92 Å². The molecule has 0 unspecified atom stereocenters. The molecule has 2 heteroatoms. The molecule has 65 valence electrons. The van der Waals surface area contributed by atoms with E-state index in [0.29, 0.717) is 0 Å². The molecule has 0 saturated heterocycles. The molecule has 0 saturated carbocycles. The van der Waals surface area contributed by atoms with Gasteiger partial charge in [-0.2, -0.15) is 0 Å². The summed E-state index contributed by atoms with van der Waals surface area (Å²) in [7, 11) is 0. The Morgan fingerprint density at radius 1 is 1.42 bits per heavy atom. The Bertz CT molecular complexity index is 243. The van der Waals surface area contributed by atoms with Gasteiger partial charge in [0.25, 0.3) is 0 Å². The molecular weight excluding hydrogens is 148 g/mol. The van der Waals surface area contributed by atoms with E-state index in [1.807, 2.05) is 24.3 Å². The average molecular weight is 163 g/mol. The van der Waals surface area contributed by atoms with E-state index < -0.39 is 0 Å². The summed E-state index contributed by atoms with van der Waals surface area (Å²) in [4.78, 5) is 0. The monoisotopic (exact) mass is 163 g/mol. The van der Waals surface area contributed by atoms with Crippen molar-refractivity contribution >= 4 is 11.4 Å². The lowest BCUT2D eigenvalue weighted by Gasteiger charge is -2.08. The normalized spacial score (nSPS) is 10.2. The molecule has 0 bridgehead atoms. The molecule has 0 aliphatic heterocycles. The van der Waals surface area contributed by atoms with Gasteiger partial charge < -0.3 is 11.1 Å². The largest absolute Gasteiger partial charge is 0.399 e. The van der Waals surface area contributed by atoms with Crippen LogP contribution in [0.25, 0.3) is 0 Å². The zero-order chi connectivity index (χ0) is 8.97. The molecular formula is C10H15N2. The van der Waals surface area contributed by atoms with Crippen molar-refractivity contribution in [3.63, 3.8) is 0 Å². The van der Waals surface area contributed by atoms with Gasteiger partial charge in [-0.05, 0) is 24.1 Å². The Morgan fingerprint density at radius 2 is 2.17 bits per heavy atom. The third-order valence-electron chi connectivity index (χ3n) is 1.53. The number of nitrogen functional groups attached to an aromatic ring is 1. The second kappa shape index (κ2) is 4.00. The van der Waals surface area contributed by atoms with Crippen molar-refractivity contribution in [2.75, 3.05) is 17.6 Å². The van der Waals surface area contributed by atoms with Crippen LogP contribution in [0, 0.1) is 5.92 Å². The summed E-state index contributed by atoms with van der Waals surface area (Å²) in [6, 6.07) is 7.78. The van der Waals surface area contributed by atoms with Crippen LogP contribution in [0.2, 0.25) is 0 Å². The molecule has 1 aromatic rings. The van der Waals surface area contributed by atoms with Gasteiger partial charge in [-0.25, -0.2) is 0 Å². The van der Waals surface area contributed by atoms with Crippen molar-refractivity contribution in [1.82, 2.24) is 0 Å². The molecule has 0 aliphatic rings. The van der Waals surface area contributed by atoms with E-state index in [4.69, 9.17) is 5.73 Å². The molecule has 3 N–H and O–H groups in total. The van der Waals surface area contributed by atoms with Crippen LogP contribution >= 0.6 is 0 Å². The lowest BCUT2D eigenvalue weighted by molar-refractivity contribution is 1.01. The second-order valence-electron chi connectivity index (χ2n) is 3.19. The second-order valence-corrected chi connectivity index (χ2v) is 3.19. The minimum absolute atomic E-state index is 0.800. The number of nitrogens with one attached hydrogen (secondary N) is 1. The maximum atomic E-state index is 5.62. The third-order valence-corrected chi connectivity index (χ3v) is 1.53. The molecule has 1 aromatic carbocycles. The lowest BCUT2D eigenvalue weighted by atomic mass is 10.2. The molecule has 12 heavy (non-hydrogen) atoms. The van der Waals surface area contributed by atoms with Gasteiger partial charge in [-0.15, -0.1) is 0 Å². The molecule has 0 spiro atoms. The van der Waals surface area contributed by atoms with Gasteiger partial charge in [0.1, 0.15) is 0 Å². The highest BCUT2D eigenvalue weighted by atomic mass is 14.9. The Labute approximate surface area is 73.8 Å². The molecule has 0 fully saturated rings. The number of anilines is 2. The predicted octanol–water partition coefficient (Wildman–Crippen LogP) is 2.29. The standard InChI is InChI=1S/C10H15N2/c1-8(2)7-12-10-5-3-4-9(11)6-10/h3-6,12H,7,11H2,1-2H3. The molecule has 2 nitrogen and oxygen atoms in total. The van der Waals surface area contributed by atoms with E-state index >= 15 is 0 Å². The first-order valence-electron chi connectivity index (χ1n) is 4.07. The van der Waals surface area contributed by atoms with E-state index in [9.17, 15) is 0 Å². The zero-order valence-electron chi connectivity index (χ0n) is 7.59. The predicted molar refractivity (Wildman–Crippen MR) is 53.9 cm³/mol. The van der Waals surface area contributed by atoms with Crippen LogP contribution in [0.15, 0.2) is 24.3 Å². The van der Waals surface area contributed by atoms with Crippen molar-refractivity contribution in [2.24, 2.45) is 0 Å². The fourth-order valence-corrected chi connectivity index (χ4v) is 0.927. The van der Waals surface area contributed by atoms with Gasteiger partial charge in [-0.3, -0.25) is 0 Å². The summed E-state index contributed by atoms with van der Waals surface area (Å²) < 4.78 is 0. The summed E-state index contributed by atoms with van der Waals surface area (Å²) in [6.07, 6.45) is 0.